The molecule has 2 aromatic carbocycles. The Morgan fingerprint density at radius 2 is 1.75 bits per heavy atom. The summed E-state index contributed by atoms with van der Waals surface area (Å²) in [4.78, 5) is 6.80. The lowest BCUT2D eigenvalue weighted by Crippen LogP contribution is -2.32. The van der Waals surface area contributed by atoms with Crippen LogP contribution < -0.4 is 4.74 Å². The molecule has 2 heterocycles. The van der Waals surface area contributed by atoms with Crippen LogP contribution in [-0.2, 0) is 6.54 Å². The maximum Gasteiger partial charge on any atom is 0.387 e. The Hall–Kier alpha value is -2.80. The Balaban J connectivity index is 1.36. The van der Waals surface area contributed by atoms with Gasteiger partial charge in [0, 0.05) is 23.6 Å². The first-order valence-corrected chi connectivity index (χ1v) is 9.33. The monoisotopic (exact) mass is 385 g/mol. The number of likely N-dealkylation sites (tertiary alicyclic amines) is 1. The largest absolute Gasteiger partial charge is 0.434 e. The van der Waals surface area contributed by atoms with Crippen molar-refractivity contribution >= 4 is 0 Å². The van der Waals surface area contributed by atoms with Crippen LogP contribution in [0.2, 0.25) is 0 Å². The van der Waals surface area contributed by atoms with Crippen molar-refractivity contribution < 1.29 is 18.0 Å². The molecule has 0 aliphatic carbocycles. The van der Waals surface area contributed by atoms with Crippen molar-refractivity contribution in [1.29, 1.82) is 0 Å². The summed E-state index contributed by atoms with van der Waals surface area (Å²) in [6.45, 7) is -0.578. The van der Waals surface area contributed by atoms with Crippen molar-refractivity contribution in [3.05, 3.63) is 66.1 Å². The number of para-hydroxylation sites is 1. The fourth-order valence-corrected chi connectivity index (χ4v) is 3.53. The molecule has 146 valence electrons. The molecule has 1 saturated heterocycles. The van der Waals surface area contributed by atoms with Gasteiger partial charge in [0.15, 0.2) is 0 Å². The Kier molecular flexibility index (Phi) is 5.62. The number of rotatable bonds is 6. The van der Waals surface area contributed by atoms with E-state index in [0.29, 0.717) is 18.3 Å². The second-order valence-electron chi connectivity index (χ2n) is 6.86. The third kappa shape index (κ3) is 4.36. The van der Waals surface area contributed by atoms with Crippen molar-refractivity contribution in [2.24, 2.45) is 0 Å². The van der Waals surface area contributed by atoms with Crippen molar-refractivity contribution in [3.63, 3.8) is 0 Å². The highest BCUT2D eigenvalue weighted by atomic mass is 19.3. The van der Waals surface area contributed by atoms with Crippen LogP contribution in [0, 0.1) is 0 Å². The summed E-state index contributed by atoms with van der Waals surface area (Å²) < 4.78 is 35.3. The molecular weight excluding hydrogens is 364 g/mol. The van der Waals surface area contributed by atoms with Crippen molar-refractivity contribution in [2.45, 2.75) is 31.9 Å². The maximum atomic E-state index is 12.6. The lowest BCUT2D eigenvalue weighted by atomic mass is 9.96. The van der Waals surface area contributed by atoms with Crippen molar-refractivity contribution in [3.8, 4) is 17.1 Å². The van der Waals surface area contributed by atoms with E-state index in [-0.39, 0.29) is 11.7 Å². The number of nitrogens with zero attached hydrogens (tertiary/aromatic N) is 3. The van der Waals surface area contributed by atoms with Crippen LogP contribution in [0.5, 0.6) is 5.75 Å². The molecule has 3 aromatic rings. The Morgan fingerprint density at radius 1 is 1.04 bits per heavy atom. The number of ether oxygens (including phenoxy) is 1. The minimum absolute atomic E-state index is 0.216. The fourth-order valence-electron chi connectivity index (χ4n) is 3.53. The van der Waals surface area contributed by atoms with Crippen LogP contribution in [0.15, 0.2) is 59.1 Å². The van der Waals surface area contributed by atoms with Gasteiger partial charge in [-0.05, 0) is 32.0 Å². The average molecular weight is 385 g/mol. The van der Waals surface area contributed by atoms with E-state index in [1.54, 1.807) is 12.1 Å². The maximum absolute atomic E-state index is 12.6. The third-order valence-corrected chi connectivity index (χ3v) is 4.99. The van der Waals surface area contributed by atoms with Gasteiger partial charge in [0.05, 0.1) is 0 Å². The highest BCUT2D eigenvalue weighted by molar-refractivity contribution is 5.53. The summed E-state index contributed by atoms with van der Waals surface area (Å²) in [7, 11) is 0. The van der Waals surface area contributed by atoms with Crippen molar-refractivity contribution in [2.75, 3.05) is 13.1 Å². The van der Waals surface area contributed by atoms with E-state index in [1.807, 2.05) is 42.5 Å². The minimum atomic E-state index is -2.82. The Bertz CT molecular complexity index is 893. The second kappa shape index (κ2) is 8.48. The van der Waals surface area contributed by atoms with Gasteiger partial charge in [-0.2, -0.15) is 13.8 Å². The van der Waals surface area contributed by atoms with Gasteiger partial charge in [-0.25, -0.2) is 0 Å². The van der Waals surface area contributed by atoms with Crippen LogP contribution >= 0.6 is 0 Å². The van der Waals surface area contributed by atoms with E-state index in [9.17, 15) is 8.78 Å². The number of aromatic nitrogens is 2. The van der Waals surface area contributed by atoms with Crippen LogP contribution in [0.25, 0.3) is 11.4 Å². The number of hydrogen-bond donors (Lipinski definition) is 0. The van der Waals surface area contributed by atoms with Crippen molar-refractivity contribution in [1.82, 2.24) is 15.0 Å². The van der Waals surface area contributed by atoms with E-state index in [2.05, 4.69) is 19.8 Å². The first-order valence-electron chi connectivity index (χ1n) is 9.33. The topological polar surface area (TPSA) is 51.4 Å². The number of hydrogen-bond acceptors (Lipinski definition) is 5. The van der Waals surface area contributed by atoms with Crippen LogP contribution in [-0.4, -0.2) is 34.7 Å². The summed E-state index contributed by atoms with van der Waals surface area (Å²) in [5, 5.41) is 4.10. The molecule has 0 saturated carbocycles. The molecule has 5 nitrogen and oxygen atoms in total. The minimum Gasteiger partial charge on any atom is -0.434 e. The van der Waals surface area contributed by atoms with Gasteiger partial charge in [0.2, 0.25) is 11.7 Å². The standard InChI is InChI=1S/C21H21F2N3O2/c22-21(23)27-18-9-5-4-8-17(18)14-26-12-10-16(11-13-26)20-24-19(25-28-20)15-6-2-1-3-7-15/h1-9,16,21H,10-14H2. The molecule has 0 atom stereocenters. The van der Waals surface area contributed by atoms with Gasteiger partial charge >= 0.3 is 6.61 Å². The second-order valence-corrected chi connectivity index (χ2v) is 6.86. The third-order valence-electron chi connectivity index (χ3n) is 4.99. The van der Waals surface area contributed by atoms with Gasteiger partial charge in [-0.3, -0.25) is 4.90 Å². The van der Waals surface area contributed by atoms with Crippen LogP contribution in [0.4, 0.5) is 8.78 Å². The molecule has 0 N–H and O–H groups in total. The predicted octanol–water partition coefficient (Wildman–Crippen LogP) is 4.72. The summed E-state index contributed by atoms with van der Waals surface area (Å²) in [5.74, 6) is 1.73. The summed E-state index contributed by atoms with van der Waals surface area (Å²) in [5.41, 5.74) is 1.70. The lowest BCUT2D eigenvalue weighted by Gasteiger charge is -2.30. The Labute approximate surface area is 161 Å². The van der Waals surface area contributed by atoms with E-state index in [1.165, 1.54) is 0 Å². The highest BCUT2D eigenvalue weighted by Crippen LogP contribution is 2.30. The summed E-state index contributed by atoms with van der Waals surface area (Å²) in [6.07, 6.45) is 1.77. The summed E-state index contributed by atoms with van der Waals surface area (Å²) >= 11 is 0. The van der Waals surface area contributed by atoms with Crippen LogP contribution in [0.3, 0.4) is 0 Å². The normalized spacial score (nSPS) is 15.8. The molecule has 7 heteroatoms. The Morgan fingerprint density at radius 3 is 2.50 bits per heavy atom. The van der Waals surface area contributed by atoms with E-state index in [4.69, 9.17) is 4.52 Å². The molecule has 1 aromatic heterocycles. The molecule has 0 amide bonds. The lowest BCUT2D eigenvalue weighted by molar-refractivity contribution is -0.0508. The number of piperidine rings is 1. The zero-order chi connectivity index (χ0) is 19.3. The molecule has 0 radical (unpaired) electrons. The van der Waals surface area contributed by atoms with Gasteiger partial charge in [-0.15, -0.1) is 0 Å². The number of alkyl halides is 2. The SMILES string of the molecule is FC(F)Oc1ccccc1CN1CCC(c2nc(-c3ccccc3)no2)CC1. The average Bonchev–Trinajstić information content (AvgIpc) is 3.21. The molecule has 1 aliphatic rings. The van der Waals surface area contributed by atoms with E-state index >= 15 is 0 Å². The first-order chi connectivity index (χ1) is 13.7. The first kappa shape index (κ1) is 18.6. The quantitative estimate of drug-likeness (QED) is 0.615. The molecule has 1 aliphatic heterocycles. The fraction of sp³-hybridized carbons (Fsp3) is 0.333. The predicted molar refractivity (Wildman–Crippen MR) is 100 cm³/mol. The molecule has 0 bridgehead atoms. The van der Waals surface area contributed by atoms with Gasteiger partial charge in [0.1, 0.15) is 5.75 Å². The smallest absolute Gasteiger partial charge is 0.387 e. The van der Waals surface area contributed by atoms with Gasteiger partial charge < -0.3 is 9.26 Å². The molecular formula is C21H21F2N3O2. The van der Waals surface area contributed by atoms with Crippen LogP contribution in [0.1, 0.15) is 30.2 Å². The summed E-state index contributed by atoms with van der Waals surface area (Å²) in [6, 6.07) is 16.7. The highest BCUT2D eigenvalue weighted by Gasteiger charge is 2.26. The zero-order valence-electron chi connectivity index (χ0n) is 15.3. The molecule has 1 fully saturated rings. The molecule has 4 rings (SSSR count). The zero-order valence-corrected chi connectivity index (χ0v) is 15.3. The molecule has 0 unspecified atom stereocenters. The van der Waals surface area contributed by atoms with E-state index < -0.39 is 6.61 Å². The number of benzene rings is 2. The van der Waals surface area contributed by atoms with Gasteiger partial charge in [0.25, 0.3) is 0 Å². The molecule has 0 spiro atoms. The molecule has 28 heavy (non-hydrogen) atoms. The van der Waals surface area contributed by atoms with E-state index in [0.717, 1.165) is 37.1 Å². The number of halogens is 2. The van der Waals surface area contributed by atoms with Gasteiger partial charge in [-0.1, -0.05) is 53.7 Å².